The molecule has 1 saturated heterocycles. The standard InChI is InChI=1S/C21H20N2O3/c24-19-21(8-7-15-3-1-2-4-16(15)10-21)22-20(25)23(19)11-14-5-6-17-12-26-13-18(17)9-14/h1-6,9H,7-8,10-13H2,(H,22,25)/t21-/m0/s1. The highest BCUT2D eigenvalue weighted by Gasteiger charge is 2.52. The summed E-state index contributed by atoms with van der Waals surface area (Å²) < 4.78 is 5.45. The summed E-state index contributed by atoms with van der Waals surface area (Å²) in [6, 6.07) is 13.9. The van der Waals surface area contributed by atoms with Crippen LogP contribution in [-0.2, 0) is 42.1 Å². The molecule has 26 heavy (non-hydrogen) atoms. The summed E-state index contributed by atoms with van der Waals surface area (Å²) in [4.78, 5) is 27.1. The fraction of sp³-hybridized carbons (Fsp3) is 0.333. The zero-order valence-electron chi connectivity index (χ0n) is 14.5. The van der Waals surface area contributed by atoms with Gasteiger partial charge >= 0.3 is 6.03 Å². The van der Waals surface area contributed by atoms with Crippen LogP contribution in [-0.4, -0.2) is 22.4 Å². The summed E-state index contributed by atoms with van der Waals surface area (Å²) in [5, 5.41) is 3.00. The van der Waals surface area contributed by atoms with Gasteiger partial charge in [-0.15, -0.1) is 0 Å². The third kappa shape index (κ3) is 2.35. The van der Waals surface area contributed by atoms with Gasteiger partial charge in [0.05, 0.1) is 19.8 Å². The maximum atomic E-state index is 13.2. The summed E-state index contributed by atoms with van der Waals surface area (Å²) >= 11 is 0. The zero-order valence-corrected chi connectivity index (χ0v) is 14.5. The lowest BCUT2D eigenvalue weighted by Crippen LogP contribution is -2.51. The molecule has 2 aromatic carbocycles. The van der Waals surface area contributed by atoms with Gasteiger partial charge in [0, 0.05) is 6.42 Å². The number of nitrogens with one attached hydrogen (secondary N) is 1. The Morgan fingerprint density at radius 2 is 1.81 bits per heavy atom. The highest BCUT2D eigenvalue weighted by Crippen LogP contribution is 2.34. The molecular weight excluding hydrogens is 328 g/mol. The van der Waals surface area contributed by atoms with Crippen molar-refractivity contribution in [1.82, 2.24) is 10.2 Å². The number of carbonyl (C=O) groups excluding carboxylic acids is 2. The van der Waals surface area contributed by atoms with Gasteiger partial charge in [-0.3, -0.25) is 9.69 Å². The summed E-state index contributed by atoms with van der Waals surface area (Å²) in [6.07, 6.45) is 2.04. The lowest BCUT2D eigenvalue weighted by atomic mass is 9.78. The topological polar surface area (TPSA) is 58.6 Å². The molecule has 1 fully saturated rings. The molecule has 2 aliphatic heterocycles. The molecule has 3 amide bonds. The van der Waals surface area contributed by atoms with Crippen LogP contribution in [0.2, 0.25) is 0 Å². The molecule has 0 bridgehead atoms. The smallest absolute Gasteiger partial charge is 0.325 e. The Bertz CT molecular complexity index is 923. The Balaban J connectivity index is 1.40. The molecule has 0 unspecified atom stereocenters. The van der Waals surface area contributed by atoms with E-state index in [0.29, 0.717) is 32.6 Å². The van der Waals surface area contributed by atoms with E-state index in [9.17, 15) is 9.59 Å². The normalized spacial score (nSPS) is 23.9. The average Bonchev–Trinajstić information content (AvgIpc) is 3.20. The molecule has 5 nitrogen and oxygen atoms in total. The molecule has 1 N–H and O–H groups in total. The number of benzene rings is 2. The third-order valence-corrected chi connectivity index (χ3v) is 5.80. The van der Waals surface area contributed by atoms with Crippen molar-refractivity contribution < 1.29 is 14.3 Å². The van der Waals surface area contributed by atoms with Crippen LogP contribution in [0.25, 0.3) is 0 Å². The summed E-state index contributed by atoms with van der Waals surface area (Å²) in [6.45, 7) is 1.55. The fourth-order valence-electron chi connectivity index (χ4n) is 4.35. The minimum atomic E-state index is -0.786. The van der Waals surface area contributed by atoms with Crippen LogP contribution in [0.1, 0.15) is 34.2 Å². The van der Waals surface area contributed by atoms with Gasteiger partial charge in [0.25, 0.3) is 5.91 Å². The lowest BCUT2D eigenvalue weighted by molar-refractivity contribution is -0.132. The number of ether oxygens (including phenoxy) is 1. The summed E-state index contributed by atoms with van der Waals surface area (Å²) in [5.41, 5.74) is 4.94. The van der Waals surface area contributed by atoms with Crippen molar-refractivity contribution in [3.63, 3.8) is 0 Å². The number of imide groups is 1. The number of urea groups is 1. The van der Waals surface area contributed by atoms with Crippen molar-refractivity contribution in [2.24, 2.45) is 0 Å². The molecule has 5 rings (SSSR count). The number of aryl methyl sites for hydroxylation is 1. The first-order valence-electron chi connectivity index (χ1n) is 9.04. The molecule has 0 radical (unpaired) electrons. The number of amides is 3. The number of hydrogen-bond donors (Lipinski definition) is 1. The number of carbonyl (C=O) groups is 2. The highest BCUT2D eigenvalue weighted by atomic mass is 16.5. The molecule has 132 valence electrons. The van der Waals surface area contributed by atoms with Gasteiger partial charge in [0.1, 0.15) is 5.54 Å². The van der Waals surface area contributed by atoms with E-state index in [2.05, 4.69) is 17.4 Å². The van der Waals surface area contributed by atoms with Crippen LogP contribution in [0.5, 0.6) is 0 Å². The van der Waals surface area contributed by atoms with Crippen molar-refractivity contribution in [3.05, 3.63) is 70.3 Å². The van der Waals surface area contributed by atoms with E-state index in [-0.39, 0.29) is 11.9 Å². The molecule has 5 heteroatoms. The second-order valence-corrected chi connectivity index (χ2v) is 7.44. The highest BCUT2D eigenvalue weighted by molar-refractivity contribution is 6.07. The Morgan fingerprint density at radius 3 is 2.69 bits per heavy atom. The van der Waals surface area contributed by atoms with E-state index in [0.717, 1.165) is 23.1 Å². The maximum Gasteiger partial charge on any atom is 0.325 e. The minimum Gasteiger partial charge on any atom is -0.372 e. The number of nitrogens with zero attached hydrogens (tertiary/aromatic N) is 1. The van der Waals surface area contributed by atoms with E-state index in [4.69, 9.17) is 4.74 Å². The summed E-state index contributed by atoms with van der Waals surface area (Å²) in [7, 11) is 0. The first kappa shape index (κ1) is 15.6. The largest absolute Gasteiger partial charge is 0.372 e. The van der Waals surface area contributed by atoms with Crippen molar-refractivity contribution in [2.45, 2.75) is 44.6 Å². The molecule has 3 aliphatic rings. The monoisotopic (exact) mass is 348 g/mol. The van der Waals surface area contributed by atoms with Crippen molar-refractivity contribution in [3.8, 4) is 0 Å². The molecule has 1 atom stereocenters. The molecule has 1 aliphatic carbocycles. The maximum absolute atomic E-state index is 13.2. The van der Waals surface area contributed by atoms with E-state index < -0.39 is 5.54 Å². The second-order valence-electron chi connectivity index (χ2n) is 7.44. The second kappa shape index (κ2) is 5.68. The van der Waals surface area contributed by atoms with Gasteiger partial charge in [0.15, 0.2) is 0 Å². The van der Waals surface area contributed by atoms with E-state index >= 15 is 0 Å². The Labute approximate surface area is 152 Å². The predicted molar refractivity (Wildman–Crippen MR) is 95.2 cm³/mol. The molecule has 2 heterocycles. The van der Waals surface area contributed by atoms with Gasteiger partial charge in [0.2, 0.25) is 0 Å². The Kier molecular flexibility index (Phi) is 3.40. The first-order chi connectivity index (χ1) is 12.6. The van der Waals surface area contributed by atoms with Crippen molar-refractivity contribution in [2.75, 3.05) is 0 Å². The molecule has 1 spiro atoms. The predicted octanol–water partition coefficient (Wildman–Crippen LogP) is 2.70. The van der Waals surface area contributed by atoms with Crippen LogP contribution in [0, 0.1) is 0 Å². The summed E-state index contributed by atoms with van der Waals surface area (Å²) in [5.74, 6) is -0.103. The van der Waals surface area contributed by atoms with Gasteiger partial charge in [-0.05, 0) is 40.7 Å². The first-order valence-corrected chi connectivity index (χ1v) is 9.04. The zero-order chi connectivity index (χ0) is 17.7. The number of fused-ring (bicyclic) bond motifs is 2. The lowest BCUT2D eigenvalue weighted by Gasteiger charge is -2.32. The van der Waals surface area contributed by atoms with Crippen LogP contribution in [0.15, 0.2) is 42.5 Å². The Hall–Kier alpha value is -2.66. The van der Waals surface area contributed by atoms with Crippen LogP contribution in [0.4, 0.5) is 4.79 Å². The SMILES string of the molecule is O=C1N[C@]2(CCc3ccccc3C2)C(=O)N1Cc1ccc2c(c1)COC2. The third-order valence-electron chi connectivity index (χ3n) is 5.80. The van der Waals surface area contributed by atoms with Crippen molar-refractivity contribution >= 4 is 11.9 Å². The van der Waals surface area contributed by atoms with Crippen LogP contribution < -0.4 is 5.32 Å². The van der Waals surface area contributed by atoms with Gasteiger partial charge in [-0.25, -0.2) is 4.79 Å². The van der Waals surface area contributed by atoms with Crippen LogP contribution >= 0.6 is 0 Å². The van der Waals surface area contributed by atoms with Crippen LogP contribution in [0.3, 0.4) is 0 Å². The van der Waals surface area contributed by atoms with Gasteiger partial charge in [-0.2, -0.15) is 0 Å². The molecule has 0 aromatic heterocycles. The van der Waals surface area contributed by atoms with E-state index in [1.807, 2.05) is 30.3 Å². The van der Waals surface area contributed by atoms with Gasteiger partial charge < -0.3 is 10.1 Å². The number of hydrogen-bond acceptors (Lipinski definition) is 3. The number of rotatable bonds is 2. The van der Waals surface area contributed by atoms with E-state index in [1.54, 1.807) is 0 Å². The average molecular weight is 348 g/mol. The minimum absolute atomic E-state index is 0.103. The van der Waals surface area contributed by atoms with Crippen molar-refractivity contribution in [1.29, 1.82) is 0 Å². The molecule has 2 aromatic rings. The molecule has 0 saturated carbocycles. The fourth-order valence-corrected chi connectivity index (χ4v) is 4.35. The quantitative estimate of drug-likeness (QED) is 0.849. The Morgan fingerprint density at radius 1 is 1.00 bits per heavy atom. The van der Waals surface area contributed by atoms with Gasteiger partial charge in [-0.1, -0.05) is 42.5 Å². The van der Waals surface area contributed by atoms with E-state index in [1.165, 1.54) is 16.0 Å². The molecular formula is C21H20N2O3.